The topological polar surface area (TPSA) is 80.0 Å². The Morgan fingerprint density at radius 3 is 2.81 bits per heavy atom. The minimum Gasteiger partial charge on any atom is -0.402 e. The third-order valence-corrected chi connectivity index (χ3v) is 2.93. The number of ether oxygens (including phenoxy) is 1. The van der Waals surface area contributed by atoms with Gasteiger partial charge < -0.3 is 15.8 Å². The molecule has 0 aliphatic carbocycles. The summed E-state index contributed by atoms with van der Waals surface area (Å²) in [6, 6.07) is 0. The number of rotatable bonds is 7. The molecule has 0 aromatic carbocycles. The third-order valence-electron chi connectivity index (χ3n) is 2.93. The van der Waals surface area contributed by atoms with Crippen LogP contribution in [0.2, 0.25) is 0 Å². The number of aliphatic imine (C=N–C) groups is 1. The van der Waals surface area contributed by atoms with E-state index in [0.717, 1.165) is 12.0 Å². The van der Waals surface area contributed by atoms with Crippen molar-refractivity contribution in [3.8, 4) is 0 Å². The standard InChI is InChI=1S/C15H24N4O2/c1-5-17-12(3)18-15-13(11(2)16)7-8-14(20)19(15)9-6-10-21-4/h7-8,17H,3,5-6,9-10,16H2,1-2,4H3/b13-11-,18-15+. The van der Waals surface area contributed by atoms with Crippen LogP contribution in [0, 0.1) is 0 Å². The summed E-state index contributed by atoms with van der Waals surface area (Å²) >= 11 is 0. The molecule has 0 spiro atoms. The Hall–Kier alpha value is -2.08. The average Bonchev–Trinajstić information content (AvgIpc) is 2.42. The second kappa shape index (κ2) is 8.26. The Kier molecular flexibility index (Phi) is 6.68. The number of carbonyl (C=O) groups is 1. The van der Waals surface area contributed by atoms with E-state index in [9.17, 15) is 4.79 Å². The van der Waals surface area contributed by atoms with E-state index in [-0.39, 0.29) is 5.91 Å². The highest BCUT2D eigenvalue weighted by Crippen LogP contribution is 2.17. The van der Waals surface area contributed by atoms with E-state index in [0.29, 0.717) is 37.1 Å². The van der Waals surface area contributed by atoms with Gasteiger partial charge in [0.2, 0.25) is 0 Å². The first-order valence-electron chi connectivity index (χ1n) is 6.98. The molecule has 21 heavy (non-hydrogen) atoms. The molecule has 1 rings (SSSR count). The number of nitrogens with zero attached hydrogens (tertiary/aromatic N) is 2. The molecule has 0 unspecified atom stereocenters. The summed E-state index contributed by atoms with van der Waals surface area (Å²) in [5.41, 5.74) is 7.26. The van der Waals surface area contributed by atoms with E-state index in [4.69, 9.17) is 10.5 Å². The van der Waals surface area contributed by atoms with Gasteiger partial charge in [0.05, 0.1) is 0 Å². The minimum absolute atomic E-state index is 0.112. The zero-order valence-corrected chi connectivity index (χ0v) is 13.0. The number of hydrogen-bond donors (Lipinski definition) is 2. The molecule has 0 bridgehead atoms. The first-order valence-corrected chi connectivity index (χ1v) is 6.98. The van der Waals surface area contributed by atoms with Crippen LogP contribution in [0.3, 0.4) is 0 Å². The monoisotopic (exact) mass is 292 g/mol. The lowest BCUT2D eigenvalue weighted by Crippen LogP contribution is -2.41. The summed E-state index contributed by atoms with van der Waals surface area (Å²) in [4.78, 5) is 18.1. The molecule has 0 atom stereocenters. The van der Waals surface area contributed by atoms with Crippen molar-refractivity contribution in [1.82, 2.24) is 10.2 Å². The lowest BCUT2D eigenvalue weighted by atomic mass is 10.1. The van der Waals surface area contributed by atoms with Gasteiger partial charge >= 0.3 is 0 Å². The minimum atomic E-state index is -0.112. The molecular weight excluding hydrogens is 268 g/mol. The normalized spacial score (nSPS) is 19.1. The van der Waals surface area contributed by atoms with Gasteiger partial charge in [-0.05, 0) is 26.3 Å². The maximum absolute atomic E-state index is 12.1. The molecule has 3 N–H and O–H groups in total. The van der Waals surface area contributed by atoms with Crippen LogP contribution in [0.15, 0.2) is 40.8 Å². The van der Waals surface area contributed by atoms with Gasteiger partial charge in [0.1, 0.15) is 11.7 Å². The Balaban J connectivity index is 3.10. The van der Waals surface area contributed by atoms with Crippen molar-refractivity contribution in [1.29, 1.82) is 0 Å². The molecule has 1 heterocycles. The van der Waals surface area contributed by atoms with Gasteiger partial charge in [-0.25, -0.2) is 4.99 Å². The summed E-state index contributed by atoms with van der Waals surface area (Å²) in [6.07, 6.45) is 3.93. The molecule has 1 aliphatic rings. The predicted octanol–water partition coefficient (Wildman–Crippen LogP) is 1.13. The van der Waals surface area contributed by atoms with Crippen molar-refractivity contribution in [3.05, 3.63) is 35.8 Å². The van der Waals surface area contributed by atoms with Gasteiger partial charge in [-0.1, -0.05) is 6.58 Å². The van der Waals surface area contributed by atoms with Crippen molar-refractivity contribution < 1.29 is 9.53 Å². The van der Waals surface area contributed by atoms with Gasteiger partial charge in [-0.3, -0.25) is 9.69 Å². The van der Waals surface area contributed by atoms with Crippen molar-refractivity contribution in [2.75, 3.05) is 26.8 Å². The maximum atomic E-state index is 12.1. The average molecular weight is 292 g/mol. The van der Waals surface area contributed by atoms with E-state index in [1.807, 2.05) is 6.92 Å². The van der Waals surface area contributed by atoms with E-state index in [1.54, 1.807) is 25.0 Å². The summed E-state index contributed by atoms with van der Waals surface area (Å²) in [5, 5.41) is 3.02. The van der Waals surface area contributed by atoms with Crippen LogP contribution >= 0.6 is 0 Å². The van der Waals surface area contributed by atoms with Crippen molar-refractivity contribution >= 4 is 11.7 Å². The number of nitrogens with one attached hydrogen (secondary N) is 1. The Bertz CT molecular complexity index is 488. The van der Waals surface area contributed by atoms with Crippen LogP contribution in [0.25, 0.3) is 0 Å². The van der Waals surface area contributed by atoms with Crippen LogP contribution in [0.5, 0.6) is 0 Å². The Morgan fingerprint density at radius 1 is 1.52 bits per heavy atom. The fourth-order valence-corrected chi connectivity index (χ4v) is 1.95. The van der Waals surface area contributed by atoms with Crippen LogP contribution in [-0.4, -0.2) is 43.4 Å². The molecule has 6 nitrogen and oxygen atoms in total. The highest BCUT2D eigenvalue weighted by molar-refractivity contribution is 6.15. The predicted molar refractivity (Wildman–Crippen MR) is 84.5 cm³/mol. The molecular formula is C15H24N4O2. The van der Waals surface area contributed by atoms with E-state index < -0.39 is 0 Å². The van der Waals surface area contributed by atoms with E-state index in [2.05, 4.69) is 16.9 Å². The largest absolute Gasteiger partial charge is 0.402 e. The Labute approximate surface area is 126 Å². The van der Waals surface area contributed by atoms with Gasteiger partial charge in [-0.15, -0.1) is 0 Å². The molecule has 0 fully saturated rings. The highest BCUT2D eigenvalue weighted by Gasteiger charge is 2.25. The van der Waals surface area contributed by atoms with E-state index >= 15 is 0 Å². The summed E-state index contributed by atoms with van der Waals surface area (Å²) in [5.74, 6) is 0.926. The van der Waals surface area contributed by atoms with Crippen molar-refractivity contribution in [2.45, 2.75) is 20.3 Å². The van der Waals surface area contributed by atoms with Crippen LogP contribution in [0.1, 0.15) is 20.3 Å². The van der Waals surface area contributed by atoms with Gasteiger partial charge in [0.25, 0.3) is 5.91 Å². The second-order valence-electron chi connectivity index (χ2n) is 4.68. The van der Waals surface area contributed by atoms with Crippen molar-refractivity contribution in [2.24, 2.45) is 10.7 Å². The molecule has 0 aromatic rings. The number of nitrogens with two attached hydrogens (primary N) is 1. The quantitative estimate of drug-likeness (QED) is 0.689. The number of hydrogen-bond acceptors (Lipinski definition) is 5. The number of carbonyl (C=O) groups excluding carboxylic acids is 1. The molecule has 1 aliphatic heterocycles. The molecule has 0 radical (unpaired) electrons. The molecule has 0 saturated carbocycles. The fourth-order valence-electron chi connectivity index (χ4n) is 1.95. The smallest absolute Gasteiger partial charge is 0.252 e. The number of allylic oxidation sites excluding steroid dienone is 1. The Morgan fingerprint density at radius 2 is 2.24 bits per heavy atom. The molecule has 6 heteroatoms. The first kappa shape index (κ1) is 17.0. The van der Waals surface area contributed by atoms with Crippen molar-refractivity contribution in [3.63, 3.8) is 0 Å². The van der Waals surface area contributed by atoms with Crippen LogP contribution in [-0.2, 0) is 9.53 Å². The molecule has 1 amide bonds. The number of amides is 1. The molecule has 116 valence electrons. The highest BCUT2D eigenvalue weighted by atomic mass is 16.5. The lowest BCUT2D eigenvalue weighted by Gasteiger charge is -2.27. The van der Waals surface area contributed by atoms with Crippen LogP contribution < -0.4 is 11.1 Å². The zero-order chi connectivity index (χ0) is 15.8. The lowest BCUT2D eigenvalue weighted by molar-refractivity contribution is -0.122. The second-order valence-corrected chi connectivity index (χ2v) is 4.68. The SMILES string of the molecule is C=C(/N=C1\C(=C(\C)N)C=CC(=O)N1CCCOC)NCC. The van der Waals surface area contributed by atoms with Gasteiger partial charge in [-0.2, -0.15) is 0 Å². The van der Waals surface area contributed by atoms with Gasteiger partial charge in [0.15, 0.2) is 0 Å². The molecule has 0 aromatic heterocycles. The zero-order valence-electron chi connectivity index (χ0n) is 13.0. The maximum Gasteiger partial charge on any atom is 0.252 e. The first-order chi connectivity index (χ1) is 10.0. The fraction of sp³-hybridized carbons (Fsp3) is 0.467. The number of methoxy groups -OCH3 is 1. The van der Waals surface area contributed by atoms with Gasteiger partial charge in [0, 0.05) is 44.2 Å². The number of amidine groups is 1. The van der Waals surface area contributed by atoms with E-state index in [1.165, 1.54) is 6.08 Å². The summed E-state index contributed by atoms with van der Waals surface area (Å²) in [7, 11) is 1.63. The summed E-state index contributed by atoms with van der Waals surface area (Å²) < 4.78 is 5.03. The summed E-state index contributed by atoms with van der Waals surface area (Å²) in [6.45, 7) is 9.39. The third kappa shape index (κ3) is 4.75. The van der Waals surface area contributed by atoms with Crippen LogP contribution in [0.4, 0.5) is 0 Å². The molecule has 0 saturated heterocycles.